The summed E-state index contributed by atoms with van der Waals surface area (Å²) < 4.78 is 0. The second-order valence-corrected chi connectivity index (χ2v) is 16.9. The second-order valence-electron chi connectivity index (χ2n) is 16.9. The van der Waals surface area contributed by atoms with Gasteiger partial charge in [0, 0.05) is 30.5 Å². The van der Waals surface area contributed by atoms with Crippen molar-refractivity contribution in [3.63, 3.8) is 0 Å². The first-order valence-corrected chi connectivity index (χ1v) is 18.0. The van der Waals surface area contributed by atoms with Crippen molar-refractivity contribution < 1.29 is 28.8 Å². The third kappa shape index (κ3) is 10.4. The fourth-order valence-electron chi connectivity index (χ4n) is 7.05. The van der Waals surface area contributed by atoms with Gasteiger partial charge in [-0.2, -0.15) is 0 Å². The quantitative estimate of drug-likeness (QED) is 0.158. The van der Waals surface area contributed by atoms with Gasteiger partial charge >= 0.3 is 6.03 Å². The van der Waals surface area contributed by atoms with Crippen molar-refractivity contribution >= 4 is 35.3 Å². The third-order valence-electron chi connectivity index (χ3n) is 10.3. The molecule has 0 aromatic carbocycles. The van der Waals surface area contributed by atoms with Crippen molar-refractivity contribution in [2.75, 3.05) is 13.1 Å². The van der Waals surface area contributed by atoms with Crippen molar-refractivity contribution in [3.05, 3.63) is 12.7 Å². The van der Waals surface area contributed by atoms with Gasteiger partial charge in [-0.1, -0.05) is 93.6 Å². The van der Waals surface area contributed by atoms with Gasteiger partial charge in [0.05, 0.1) is 6.04 Å². The minimum atomic E-state index is -0.995. The zero-order valence-corrected chi connectivity index (χ0v) is 30.6. The highest BCUT2D eigenvalue weighted by Crippen LogP contribution is 2.37. The van der Waals surface area contributed by atoms with E-state index in [1.54, 1.807) is 4.90 Å². The molecule has 3 aliphatic rings. The molecule has 48 heavy (non-hydrogen) atoms. The topological polar surface area (TPSA) is 154 Å². The number of amides is 5. The molecule has 2 unspecified atom stereocenters. The summed E-state index contributed by atoms with van der Waals surface area (Å²) in [7, 11) is 0. The minimum absolute atomic E-state index is 0.0582. The maximum absolute atomic E-state index is 14.4. The summed E-state index contributed by atoms with van der Waals surface area (Å²) >= 11 is 0. The molecule has 0 aromatic rings. The first-order valence-electron chi connectivity index (χ1n) is 18.0. The Morgan fingerprint density at radius 1 is 0.917 bits per heavy atom. The van der Waals surface area contributed by atoms with Crippen molar-refractivity contribution in [2.45, 2.75) is 143 Å². The Hall–Kier alpha value is -3.24. The molecule has 0 bridgehead atoms. The van der Waals surface area contributed by atoms with E-state index in [2.05, 4.69) is 27.8 Å². The highest BCUT2D eigenvalue weighted by Gasteiger charge is 2.48. The summed E-state index contributed by atoms with van der Waals surface area (Å²) in [6, 6.07) is -3.34. The van der Waals surface area contributed by atoms with Crippen LogP contribution in [0.25, 0.3) is 0 Å². The molecule has 0 spiro atoms. The lowest BCUT2D eigenvalue weighted by molar-refractivity contribution is -0.145. The SMILES string of the molecule is C=CCNC(=O)C(=O)C(CC1CC1)NC(=O)[C@@H]1C(C(C)C)CCN1C(=O)[C@@H](NC(=O)NC1(CC(=O)C(C)(C)C)CCCCC1)C(C)(C)C. The van der Waals surface area contributed by atoms with Crippen LogP contribution >= 0.6 is 0 Å². The molecule has 0 aromatic heterocycles. The molecule has 4 N–H and O–H groups in total. The van der Waals surface area contributed by atoms with Crippen LogP contribution in [0.1, 0.15) is 120 Å². The highest BCUT2D eigenvalue weighted by molar-refractivity contribution is 6.38. The number of rotatable bonds is 14. The predicted molar refractivity (Wildman–Crippen MR) is 186 cm³/mol. The van der Waals surface area contributed by atoms with E-state index in [9.17, 15) is 28.8 Å². The maximum Gasteiger partial charge on any atom is 0.315 e. The molecule has 270 valence electrons. The zero-order chi connectivity index (χ0) is 36.0. The molecule has 3 rings (SSSR count). The van der Waals surface area contributed by atoms with E-state index >= 15 is 0 Å². The van der Waals surface area contributed by atoms with Gasteiger partial charge in [-0.25, -0.2) is 4.79 Å². The minimum Gasteiger partial charge on any atom is -0.346 e. The molecule has 5 amide bonds. The number of urea groups is 1. The number of hydrogen-bond acceptors (Lipinski definition) is 6. The molecule has 3 fully saturated rings. The molecular formula is C37H61N5O6. The number of likely N-dealkylation sites (tertiary alicyclic amines) is 1. The van der Waals surface area contributed by atoms with Crippen LogP contribution in [-0.4, -0.2) is 77.0 Å². The molecule has 0 radical (unpaired) electrons. The Kier molecular flexibility index (Phi) is 13.1. The standard InChI is InChI=1S/C37H61N5O6/c1-10-19-38-32(46)29(44)26(21-24-14-15-24)39-31(45)28-25(23(2)3)16-20-42(28)33(47)30(36(7,8)9)40-34(48)41-37(17-12-11-13-18-37)22-27(43)35(4,5)6/h10,23-26,28,30H,1,11-22H2,2-9H3,(H,38,46)(H,39,45)(H2,40,41,48)/t25?,26?,28-,30+/m0/s1. The lowest BCUT2D eigenvalue weighted by Crippen LogP contribution is -2.63. The number of ketones is 2. The summed E-state index contributed by atoms with van der Waals surface area (Å²) in [5.74, 6) is -2.10. The number of Topliss-reactive ketones (excluding diaryl/α,β-unsaturated/α-hetero) is 2. The second kappa shape index (κ2) is 16.0. The molecule has 11 nitrogen and oxygen atoms in total. The smallest absolute Gasteiger partial charge is 0.315 e. The Morgan fingerprint density at radius 2 is 1.54 bits per heavy atom. The molecule has 1 aliphatic heterocycles. The van der Waals surface area contributed by atoms with E-state index in [0.717, 1.165) is 32.1 Å². The van der Waals surface area contributed by atoms with Gasteiger partial charge in [0.15, 0.2) is 0 Å². The summed E-state index contributed by atoms with van der Waals surface area (Å²) in [6.45, 7) is 19.3. The number of nitrogens with zero attached hydrogens (tertiary/aromatic N) is 1. The molecule has 11 heteroatoms. The van der Waals surface area contributed by atoms with Crippen LogP contribution in [0.2, 0.25) is 0 Å². The summed E-state index contributed by atoms with van der Waals surface area (Å²) in [5.41, 5.74) is -1.93. The lowest BCUT2D eigenvalue weighted by Gasteiger charge is -2.41. The molecule has 1 saturated heterocycles. The monoisotopic (exact) mass is 671 g/mol. The van der Waals surface area contributed by atoms with Crippen molar-refractivity contribution in [3.8, 4) is 0 Å². The first kappa shape index (κ1) is 39.2. The van der Waals surface area contributed by atoms with Gasteiger partial charge < -0.3 is 26.2 Å². The van der Waals surface area contributed by atoms with Gasteiger partial charge in [-0.05, 0) is 48.9 Å². The Bertz CT molecular complexity index is 1220. The molecule has 4 atom stereocenters. The average molecular weight is 672 g/mol. The number of nitrogens with one attached hydrogen (secondary N) is 4. The van der Waals surface area contributed by atoms with Crippen LogP contribution in [0.5, 0.6) is 0 Å². The lowest BCUT2D eigenvalue weighted by atomic mass is 9.74. The van der Waals surface area contributed by atoms with Gasteiger partial charge in [0.25, 0.3) is 5.91 Å². The van der Waals surface area contributed by atoms with Gasteiger partial charge in [-0.15, -0.1) is 6.58 Å². The van der Waals surface area contributed by atoms with Crippen LogP contribution < -0.4 is 21.3 Å². The predicted octanol–water partition coefficient (Wildman–Crippen LogP) is 4.44. The van der Waals surface area contributed by atoms with Crippen molar-refractivity contribution in [2.24, 2.45) is 28.6 Å². The largest absolute Gasteiger partial charge is 0.346 e. The van der Waals surface area contributed by atoms with Gasteiger partial charge in [-0.3, -0.25) is 24.0 Å². The molecule has 2 saturated carbocycles. The summed E-state index contributed by atoms with van der Waals surface area (Å²) in [4.78, 5) is 82.6. The van der Waals surface area contributed by atoms with Crippen LogP contribution in [0.3, 0.4) is 0 Å². The van der Waals surface area contributed by atoms with Crippen LogP contribution in [0, 0.1) is 28.6 Å². The van der Waals surface area contributed by atoms with Crippen LogP contribution in [0.4, 0.5) is 4.79 Å². The van der Waals surface area contributed by atoms with E-state index in [1.165, 1.54) is 6.08 Å². The number of hydrogen-bond donors (Lipinski definition) is 4. The van der Waals surface area contributed by atoms with E-state index in [-0.39, 0.29) is 42.4 Å². The van der Waals surface area contributed by atoms with Crippen LogP contribution in [0.15, 0.2) is 12.7 Å². The Morgan fingerprint density at radius 3 is 2.06 bits per heavy atom. The van der Waals surface area contributed by atoms with Crippen LogP contribution in [-0.2, 0) is 24.0 Å². The molecule has 2 aliphatic carbocycles. The summed E-state index contributed by atoms with van der Waals surface area (Å²) in [5, 5.41) is 11.5. The number of carbonyl (C=O) groups excluding carboxylic acids is 6. The summed E-state index contributed by atoms with van der Waals surface area (Å²) in [6.07, 6.45) is 8.76. The van der Waals surface area contributed by atoms with E-state index in [0.29, 0.717) is 32.2 Å². The fourth-order valence-corrected chi connectivity index (χ4v) is 7.05. The Balaban J connectivity index is 1.84. The van der Waals surface area contributed by atoms with Gasteiger partial charge in [0.2, 0.25) is 17.6 Å². The molecule has 1 heterocycles. The fraction of sp³-hybridized carbons (Fsp3) is 0.784. The van der Waals surface area contributed by atoms with E-state index < -0.39 is 58.1 Å². The first-order chi connectivity index (χ1) is 22.3. The van der Waals surface area contributed by atoms with E-state index in [4.69, 9.17) is 0 Å². The van der Waals surface area contributed by atoms with E-state index in [1.807, 2.05) is 55.4 Å². The zero-order valence-electron chi connectivity index (χ0n) is 30.6. The van der Waals surface area contributed by atoms with Gasteiger partial charge in [0.1, 0.15) is 17.9 Å². The maximum atomic E-state index is 14.4. The number of carbonyl (C=O) groups is 6. The Labute approximate surface area is 287 Å². The van der Waals surface area contributed by atoms with Crippen molar-refractivity contribution in [1.82, 2.24) is 26.2 Å². The normalized spacial score (nSPS) is 22.3. The van der Waals surface area contributed by atoms with Crippen molar-refractivity contribution in [1.29, 1.82) is 0 Å². The average Bonchev–Trinajstić information content (AvgIpc) is 3.69. The molecular weight excluding hydrogens is 610 g/mol. The third-order valence-corrected chi connectivity index (χ3v) is 10.3. The highest BCUT2D eigenvalue weighted by atomic mass is 16.2.